The minimum absolute atomic E-state index is 0.186. The molecule has 0 radical (unpaired) electrons. The average molecular weight is 322 g/mol. The first-order valence-corrected chi connectivity index (χ1v) is 7.16. The van der Waals surface area contributed by atoms with Crippen LogP contribution in [0.15, 0.2) is 18.2 Å². The number of hydrogen-bond donors (Lipinski definition) is 1. The number of hydrogen-bond acceptors (Lipinski definition) is 4. The fraction of sp³-hybridized carbons (Fsp3) is 0.400. The molecule has 1 atom stereocenters. The molecule has 0 saturated heterocycles. The highest BCUT2D eigenvalue weighted by Crippen LogP contribution is 2.36. The van der Waals surface area contributed by atoms with E-state index in [4.69, 9.17) is 4.74 Å². The lowest BCUT2D eigenvalue weighted by atomic mass is 10.0. The number of fused-ring (bicyclic) bond motifs is 1. The molecule has 1 N–H and O–H groups in total. The van der Waals surface area contributed by atoms with Gasteiger partial charge in [0.15, 0.2) is 5.82 Å². The van der Waals surface area contributed by atoms with E-state index in [1.54, 1.807) is 13.2 Å². The molecule has 6 nitrogen and oxygen atoms in total. The van der Waals surface area contributed by atoms with Crippen molar-refractivity contribution in [2.24, 2.45) is 7.05 Å². The second kappa shape index (κ2) is 5.94. The van der Waals surface area contributed by atoms with Crippen LogP contribution in [-0.2, 0) is 18.3 Å². The molecule has 0 saturated carbocycles. The predicted molar refractivity (Wildman–Crippen MR) is 78.6 cm³/mol. The third kappa shape index (κ3) is 2.76. The maximum Gasteiger partial charge on any atom is 0.283 e. The largest absolute Gasteiger partial charge is 0.497 e. The van der Waals surface area contributed by atoms with Crippen molar-refractivity contribution in [3.63, 3.8) is 0 Å². The first-order valence-electron chi connectivity index (χ1n) is 7.16. The number of aryl methyl sites for hydroxylation is 2. The third-order valence-corrected chi connectivity index (χ3v) is 4.06. The van der Waals surface area contributed by atoms with Crippen LogP contribution in [0.4, 0.5) is 14.6 Å². The maximum atomic E-state index is 13.0. The van der Waals surface area contributed by atoms with E-state index < -0.39 is 12.1 Å². The number of carbonyl (C=O) groups excluding carboxylic acids is 1. The molecule has 1 aliphatic rings. The van der Waals surface area contributed by atoms with Gasteiger partial charge in [-0.2, -0.15) is 0 Å². The SMILES string of the molecule is COc1ccc2c(c1)CCC2C(=O)Nc1nnn(C)c1C(F)F. The highest BCUT2D eigenvalue weighted by molar-refractivity contribution is 5.96. The fourth-order valence-electron chi connectivity index (χ4n) is 2.90. The normalized spacial score (nSPS) is 16.5. The number of methoxy groups -OCH3 is 1. The number of ether oxygens (including phenoxy) is 1. The van der Waals surface area contributed by atoms with Gasteiger partial charge in [0.2, 0.25) is 5.91 Å². The van der Waals surface area contributed by atoms with Gasteiger partial charge in [-0.15, -0.1) is 5.10 Å². The molecule has 2 aromatic rings. The van der Waals surface area contributed by atoms with Gasteiger partial charge in [-0.05, 0) is 36.1 Å². The second-order valence-corrected chi connectivity index (χ2v) is 5.39. The molecule has 122 valence electrons. The number of rotatable bonds is 4. The van der Waals surface area contributed by atoms with E-state index in [-0.39, 0.29) is 17.6 Å². The topological polar surface area (TPSA) is 69.0 Å². The van der Waals surface area contributed by atoms with Crippen molar-refractivity contribution in [1.29, 1.82) is 0 Å². The van der Waals surface area contributed by atoms with Crippen LogP contribution in [-0.4, -0.2) is 28.0 Å². The monoisotopic (exact) mass is 322 g/mol. The molecule has 0 spiro atoms. The quantitative estimate of drug-likeness (QED) is 0.938. The van der Waals surface area contributed by atoms with Crippen LogP contribution >= 0.6 is 0 Å². The van der Waals surface area contributed by atoms with Gasteiger partial charge in [-0.3, -0.25) is 4.79 Å². The van der Waals surface area contributed by atoms with Crippen molar-refractivity contribution in [3.8, 4) is 5.75 Å². The molecular formula is C15H16F2N4O2. The average Bonchev–Trinajstić information content (AvgIpc) is 3.10. The summed E-state index contributed by atoms with van der Waals surface area (Å²) in [4.78, 5) is 12.5. The molecule has 1 amide bonds. The molecule has 0 aliphatic heterocycles. The Labute approximate surface area is 131 Å². The van der Waals surface area contributed by atoms with Crippen LogP contribution in [0, 0.1) is 0 Å². The Morgan fingerprint density at radius 3 is 2.96 bits per heavy atom. The predicted octanol–water partition coefficient (Wildman–Crippen LogP) is 2.43. The fourth-order valence-corrected chi connectivity index (χ4v) is 2.90. The van der Waals surface area contributed by atoms with Gasteiger partial charge in [0, 0.05) is 7.05 Å². The number of aromatic nitrogens is 3. The molecule has 1 aromatic heterocycles. The van der Waals surface area contributed by atoms with E-state index >= 15 is 0 Å². The molecule has 1 aromatic carbocycles. The molecule has 23 heavy (non-hydrogen) atoms. The standard InChI is InChI=1S/C15H16F2N4O2/c1-21-12(13(16)17)14(19-20-21)18-15(22)11-5-3-8-7-9(23-2)4-6-10(8)11/h4,6-7,11,13H,3,5H2,1-2H3,(H,18,22). The smallest absolute Gasteiger partial charge is 0.283 e. The minimum Gasteiger partial charge on any atom is -0.497 e. The zero-order valence-corrected chi connectivity index (χ0v) is 12.7. The molecule has 3 rings (SSSR count). The van der Waals surface area contributed by atoms with Crippen LogP contribution in [0.25, 0.3) is 0 Å². The lowest BCUT2D eigenvalue weighted by molar-refractivity contribution is -0.117. The first kappa shape index (κ1) is 15.4. The van der Waals surface area contributed by atoms with Crippen LogP contribution in [0.3, 0.4) is 0 Å². The summed E-state index contributed by atoms with van der Waals surface area (Å²) in [7, 11) is 2.95. The lowest BCUT2D eigenvalue weighted by Crippen LogP contribution is -2.20. The number of amides is 1. The molecule has 1 aliphatic carbocycles. The van der Waals surface area contributed by atoms with Gasteiger partial charge >= 0.3 is 0 Å². The van der Waals surface area contributed by atoms with Crippen molar-refractivity contribution in [3.05, 3.63) is 35.0 Å². The zero-order valence-electron chi connectivity index (χ0n) is 12.7. The Morgan fingerprint density at radius 1 is 1.48 bits per heavy atom. The van der Waals surface area contributed by atoms with E-state index in [1.165, 1.54) is 7.05 Å². The van der Waals surface area contributed by atoms with Crippen molar-refractivity contribution in [2.75, 3.05) is 12.4 Å². The Bertz CT molecular complexity index is 745. The van der Waals surface area contributed by atoms with E-state index in [0.717, 1.165) is 28.0 Å². The molecule has 0 fully saturated rings. The van der Waals surface area contributed by atoms with Crippen LogP contribution in [0.5, 0.6) is 5.75 Å². The Hall–Kier alpha value is -2.51. The molecule has 8 heteroatoms. The number of anilines is 1. The van der Waals surface area contributed by atoms with Crippen molar-refractivity contribution in [1.82, 2.24) is 15.0 Å². The summed E-state index contributed by atoms with van der Waals surface area (Å²) in [6, 6.07) is 5.53. The van der Waals surface area contributed by atoms with Gasteiger partial charge in [0.25, 0.3) is 6.43 Å². The Morgan fingerprint density at radius 2 is 2.26 bits per heavy atom. The number of nitrogens with zero attached hydrogens (tertiary/aromatic N) is 3. The van der Waals surface area contributed by atoms with Gasteiger partial charge in [0.05, 0.1) is 13.0 Å². The summed E-state index contributed by atoms with van der Waals surface area (Å²) in [5.41, 5.74) is 1.54. The second-order valence-electron chi connectivity index (χ2n) is 5.39. The number of alkyl halides is 2. The van der Waals surface area contributed by atoms with Crippen LogP contribution in [0.2, 0.25) is 0 Å². The third-order valence-electron chi connectivity index (χ3n) is 4.06. The molecular weight excluding hydrogens is 306 g/mol. The number of carbonyl (C=O) groups is 1. The number of nitrogens with one attached hydrogen (secondary N) is 1. The summed E-state index contributed by atoms with van der Waals surface area (Å²) in [5, 5.41) is 9.63. The summed E-state index contributed by atoms with van der Waals surface area (Å²) >= 11 is 0. The first-order chi connectivity index (χ1) is 11.0. The summed E-state index contributed by atoms with van der Waals surface area (Å²) in [6.07, 6.45) is -1.39. The summed E-state index contributed by atoms with van der Waals surface area (Å²) in [6.45, 7) is 0. The Balaban J connectivity index is 1.81. The van der Waals surface area contributed by atoms with Crippen molar-refractivity contribution in [2.45, 2.75) is 25.2 Å². The van der Waals surface area contributed by atoms with E-state index in [1.807, 2.05) is 12.1 Å². The van der Waals surface area contributed by atoms with E-state index in [2.05, 4.69) is 15.6 Å². The summed E-state index contributed by atoms with van der Waals surface area (Å²) < 4.78 is 32.1. The van der Waals surface area contributed by atoms with Gasteiger partial charge in [0.1, 0.15) is 11.4 Å². The van der Waals surface area contributed by atoms with E-state index in [9.17, 15) is 13.6 Å². The van der Waals surface area contributed by atoms with Gasteiger partial charge in [-0.1, -0.05) is 11.3 Å². The molecule has 0 bridgehead atoms. The van der Waals surface area contributed by atoms with Crippen LogP contribution < -0.4 is 10.1 Å². The summed E-state index contributed by atoms with van der Waals surface area (Å²) in [5.74, 6) is -0.187. The van der Waals surface area contributed by atoms with Gasteiger partial charge in [-0.25, -0.2) is 13.5 Å². The zero-order chi connectivity index (χ0) is 16.6. The minimum atomic E-state index is -2.76. The molecule has 1 heterocycles. The number of halogens is 2. The van der Waals surface area contributed by atoms with Crippen molar-refractivity contribution < 1.29 is 18.3 Å². The Kier molecular flexibility index (Phi) is 3.97. The lowest BCUT2D eigenvalue weighted by Gasteiger charge is -2.12. The highest BCUT2D eigenvalue weighted by atomic mass is 19.3. The van der Waals surface area contributed by atoms with Gasteiger partial charge < -0.3 is 10.1 Å². The van der Waals surface area contributed by atoms with Crippen molar-refractivity contribution >= 4 is 11.7 Å². The van der Waals surface area contributed by atoms with E-state index in [0.29, 0.717) is 6.42 Å². The van der Waals surface area contributed by atoms with Crippen LogP contribution in [0.1, 0.15) is 35.6 Å². The highest BCUT2D eigenvalue weighted by Gasteiger charge is 2.31. The number of benzene rings is 1. The molecule has 1 unspecified atom stereocenters. The maximum absolute atomic E-state index is 13.0.